The highest BCUT2D eigenvalue weighted by atomic mass is 19.1. The third-order valence-electron chi connectivity index (χ3n) is 6.60. The summed E-state index contributed by atoms with van der Waals surface area (Å²) in [5, 5.41) is 2.89. The molecule has 6 rings (SSSR count). The van der Waals surface area contributed by atoms with E-state index in [1.807, 2.05) is 6.08 Å². The SMILES string of the molecule is O=C(Nc1ccc(F)cc1C1=CCC2C=CC=CC12)O[C@H]1CN2CCC1CC2. The third kappa shape index (κ3) is 3.28. The third-order valence-corrected chi connectivity index (χ3v) is 6.60. The number of amides is 1. The van der Waals surface area contributed by atoms with E-state index in [9.17, 15) is 9.18 Å². The molecule has 1 N–H and O–H groups in total. The van der Waals surface area contributed by atoms with E-state index in [1.54, 1.807) is 6.07 Å². The van der Waals surface area contributed by atoms with Crippen molar-refractivity contribution in [1.82, 2.24) is 4.90 Å². The van der Waals surface area contributed by atoms with Crippen LogP contribution in [0.3, 0.4) is 0 Å². The molecule has 0 saturated carbocycles. The fraction of sp³-hybridized carbons (Fsp3) is 0.435. The molecule has 28 heavy (non-hydrogen) atoms. The summed E-state index contributed by atoms with van der Waals surface area (Å²) in [5.41, 5.74) is 2.43. The number of hydrogen-bond donors (Lipinski definition) is 1. The summed E-state index contributed by atoms with van der Waals surface area (Å²) in [4.78, 5) is 15.0. The second-order valence-electron chi connectivity index (χ2n) is 8.25. The Kier molecular flexibility index (Phi) is 4.55. The van der Waals surface area contributed by atoms with Crippen LogP contribution in [-0.2, 0) is 4.74 Å². The Morgan fingerprint density at radius 2 is 2.00 bits per heavy atom. The van der Waals surface area contributed by atoms with Crippen molar-refractivity contribution in [3.63, 3.8) is 0 Å². The van der Waals surface area contributed by atoms with Crippen LogP contribution in [0.25, 0.3) is 5.57 Å². The summed E-state index contributed by atoms with van der Waals surface area (Å²) in [6.07, 6.45) is 13.2. The van der Waals surface area contributed by atoms with Crippen LogP contribution in [-0.4, -0.2) is 36.7 Å². The maximum Gasteiger partial charge on any atom is 0.411 e. The number of carbonyl (C=O) groups is 1. The molecule has 5 aliphatic rings. The van der Waals surface area contributed by atoms with E-state index >= 15 is 0 Å². The van der Waals surface area contributed by atoms with Crippen LogP contribution in [0.4, 0.5) is 14.9 Å². The van der Waals surface area contributed by atoms with Gasteiger partial charge in [0, 0.05) is 18.0 Å². The van der Waals surface area contributed by atoms with E-state index in [0.717, 1.165) is 50.0 Å². The van der Waals surface area contributed by atoms with Gasteiger partial charge in [0.15, 0.2) is 0 Å². The van der Waals surface area contributed by atoms with Crippen LogP contribution in [0.15, 0.2) is 48.6 Å². The first-order valence-corrected chi connectivity index (χ1v) is 10.2. The molecule has 0 spiro atoms. The predicted octanol–water partition coefficient (Wildman–Crippen LogP) is 4.61. The highest BCUT2D eigenvalue weighted by Gasteiger charge is 2.36. The normalized spacial score (nSPS) is 32.8. The Morgan fingerprint density at radius 1 is 1.18 bits per heavy atom. The Balaban J connectivity index is 1.34. The lowest BCUT2D eigenvalue weighted by Gasteiger charge is -2.43. The first-order valence-electron chi connectivity index (χ1n) is 10.2. The maximum absolute atomic E-state index is 14.0. The van der Waals surface area contributed by atoms with Gasteiger partial charge in [0.1, 0.15) is 11.9 Å². The Morgan fingerprint density at radius 3 is 2.79 bits per heavy atom. The molecule has 3 fully saturated rings. The van der Waals surface area contributed by atoms with Crippen LogP contribution in [0.1, 0.15) is 24.8 Å². The molecule has 0 radical (unpaired) electrons. The summed E-state index contributed by atoms with van der Waals surface area (Å²) in [7, 11) is 0. The molecule has 2 unspecified atom stereocenters. The van der Waals surface area contributed by atoms with Gasteiger partial charge in [-0.05, 0) is 68.0 Å². The number of carbonyl (C=O) groups excluding carboxylic acids is 1. The molecule has 2 aliphatic carbocycles. The first-order chi connectivity index (χ1) is 13.7. The van der Waals surface area contributed by atoms with Gasteiger partial charge in [-0.3, -0.25) is 10.2 Å². The van der Waals surface area contributed by atoms with Gasteiger partial charge in [-0.25, -0.2) is 9.18 Å². The van der Waals surface area contributed by atoms with Crippen molar-refractivity contribution in [2.75, 3.05) is 25.0 Å². The summed E-state index contributed by atoms with van der Waals surface area (Å²) in [5.74, 6) is 0.798. The Hall–Kier alpha value is -2.40. The maximum atomic E-state index is 14.0. The average molecular weight is 380 g/mol. The molecule has 1 aromatic carbocycles. The molecule has 3 aliphatic heterocycles. The Bertz CT molecular complexity index is 867. The monoisotopic (exact) mass is 380 g/mol. The number of allylic oxidation sites excluding steroid dienone is 6. The van der Waals surface area contributed by atoms with Gasteiger partial charge in [-0.15, -0.1) is 0 Å². The number of anilines is 1. The lowest BCUT2D eigenvalue weighted by atomic mass is 9.84. The van der Waals surface area contributed by atoms with Crippen LogP contribution in [0, 0.1) is 23.6 Å². The number of nitrogens with one attached hydrogen (secondary N) is 1. The molecular formula is C23H25FN2O2. The highest BCUT2D eigenvalue weighted by Crippen LogP contribution is 2.43. The second-order valence-corrected chi connectivity index (χ2v) is 8.25. The van der Waals surface area contributed by atoms with Gasteiger partial charge in [0.2, 0.25) is 0 Å². The van der Waals surface area contributed by atoms with Crippen molar-refractivity contribution in [3.05, 3.63) is 60.0 Å². The van der Waals surface area contributed by atoms with Gasteiger partial charge >= 0.3 is 6.09 Å². The number of nitrogens with zero attached hydrogens (tertiary/aromatic N) is 1. The highest BCUT2D eigenvalue weighted by molar-refractivity contribution is 5.91. The number of halogens is 1. The molecule has 146 valence electrons. The van der Waals surface area contributed by atoms with Gasteiger partial charge < -0.3 is 4.74 Å². The summed E-state index contributed by atoms with van der Waals surface area (Å²) >= 11 is 0. The summed E-state index contributed by atoms with van der Waals surface area (Å²) < 4.78 is 19.8. The van der Waals surface area contributed by atoms with Crippen LogP contribution >= 0.6 is 0 Å². The molecule has 5 heteroatoms. The van der Waals surface area contributed by atoms with E-state index in [1.165, 1.54) is 12.1 Å². The lowest BCUT2D eigenvalue weighted by molar-refractivity contribution is -0.0289. The fourth-order valence-electron chi connectivity index (χ4n) is 5.09. The van der Waals surface area contributed by atoms with E-state index in [-0.39, 0.29) is 17.8 Å². The van der Waals surface area contributed by atoms with Gasteiger partial charge in [0.25, 0.3) is 0 Å². The zero-order chi connectivity index (χ0) is 19.1. The minimum Gasteiger partial charge on any atom is -0.444 e. The number of benzene rings is 1. The smallest absolute Gasteiger partial charge is 0.411 e. The lowest BCUT2D eigenvalue weighted by Crippen LogP contribution is -2.52. The van der Waals surface area contributed by atoms with Crippen LogP contribution in [0.5, 0.6) is 0 Å². The quantitative estimate of drug-likeness (QED) is 0.832. The number of hydrogen-bond acceptors (Lipinski definition) is 3. The van der Waals surface area contributed by atoms with Crippen molar-refractivity contribution in [3.8, 4) is 0 Å². The van der Waals surface area contributed by atoms with Crippen molar-refractivity contribution in [1.29, 1.82) is 0 Å². The standard InChI is InChI=1S/C23H25FN2O2/c24-17-6-8-21(20(13-17)19-7-5-15-3-1-2-4-18(15)19)25-23(27)28-22-14-26-11-9-16(22)10-12-26/h1-4,6-8,13,15-16,18,22H,5,9-12,14H2,(H,25,27)/t15?,18?,22-/m0/s1. The first kappa shape index (κ1) is 17.7. The van der Waals surface area contributed by atoms with Crippen molar-refractivity contribution in [2.45, 2.75) is 25.4 Å². The molecule has 1 amide bonds. The van der Waals surface area contributed by atoms with Crippen molar-refractivity contribution < 1.29 is 13.9 Å². The van der Waals surface area contributed by atoms with Gasteiger partial charge in [-0.2, -0.15) is 0 Å². The van der Waals surface area contributed by atoms with E-state index in [2.05, 4.69) is 34.5 Å². The molecule has 4 nitrogen and oxygen atoms in total. The summed E-state index contributed by atoms with van der Waals surface area (Å²) in [6.45, 7) is 3.03. The predicted molar refractivity (Wildman–Crippen MR) is 107 cm³/mol. The van der Waals surface area contributed by atoms with Crippen molar-refractivity contribution in [2.24, 2.45) is 17.8 Å². The number of fused-ring (bicyclic) bond motifs is 4. The molecule has 3 saturated heterocycles. The van der Waals surface area contributed by atoms with Gasteiger partial charge in [0.05, 0.1) is 5.69 Å². The minimum absolute atomic E-state index is 0.0483. The minimum atomic E-state index is -0.444. The largest absolute Gasteiger partial charge is 0.444 e. The van der Waals surface area contributed by atoms with E-state index in [0.29, 0.717) is 17.5 Å². The fourth-order valence-corrected chi connectivity index (χ4v) is 5.09. The van der Waals surface area contributed by atoms with E-state index < -0.39 is 6.09 Å². The number of rotatable bonds is 3. The van der Waals surface area contributed by atoms with E-state index in [4.69, 9.17) is 4.74 Å². The number of ether oxygens (including phenoxy) is 1. The molecule has 3 heterocycles. The van der Waals surface area contributed by atoms with Crippen LogP contribution in [0.2, 0.25) is 0 Å². The topological polar surface area (TPSA) is 41.6 Å². The Labute approximate surface area is 164 Å². The molecule has 1 aromatic rings. The molecule has 3 atom stereocenters. The molecular weight excluding hydrogens is 355 g/mol. The van der Waals surface area contributed by atoms with Crippen molar-refractivity contribution >= 4 is 17.4 Å². The summed E-state index contributed by atoms with van der Waals surface area (Å²) in [6, 6.07) is 4.54. The van der Waals surface area contributed by atoms with Gasteiger partial charge in [-0.1, -0.05) is 30.4 Å². The second kappa shape index (κ2) is 7.21. The zero-order valence-electron chi connectivity index (χ0n) is 15.8. The average Bonchev–Trinajstić information content (AvgIpc) is 3.14. The molecule has 2 bridgehead atoms. The molecule has 0 aromatic heterocycles. The van der Waals surface area contributed by atoms with Crippen LogP contribution < -0.4 is 5.32 Å². The number of piperidine rings is 3. The zero-order valence-corrected chi connectivity index (χ0v) is 15.8.